The lowest BCUT2D eigenvalue weighted by Crippen LogP contribution is -2.20. The summed E-state index contributed by atoms with van der Waals surface area (Å²) in [6.07, 6.45) is 1.62. The molecule has 0 radical (unpaired) electrons. The first kappa shape index (κ1) is 21.0. The van der Waals surface area contributed by atoms with E-state index in [-0.39, 0.29) is 18.2 Å². The molecule has 0 aromatic heterocycles. The average Bonchev–Trinajstić information content (AvgIpc) is 2.98. The number of rotatable bonds is 6. The molecule has 3 rings (SSSR count). The number of non-ortho nitro benzene ring substituents is 1. The van der Waals surface area contributed by atoms with Crippen LogP contribution in [-0.4, -0.2) is 27.7 Å². The summed E-state index contributed by atoms with van der Waals surface area (Å²) in [6.45, 7) is -0.321. The van der Waals surface area contributed by atoms with Crippen LogP contribution < -0.4 is 15.4 Å². The van der Waals surface area contributed by atoms with Crippen LogP contribution in [0.5, 0.6) is 5.75 Å². The smallest absolute Gasteiger partial charge is 0.271 e. The normalized spacial score (nSPS) is 14.6. The van der Waals surface area contributed by atoms with E-state index in [1.165, 1.54) is 18.2 Å². The van der Waals surface area contributed by atoms with Crippen molar-refractivity contribution in [3.05, 3.63) is 67.5 Å². The molecule has 1 heterocycles. The SMILES string of the molecule is O=C(COc1ccc(Br)cc1/C=C1\SC(=S)NC1=O)Nc1cccc([N+](=O)[O-])c1. The van der Waals surface area contributed by atoms with Gasteiger partial charge in [0.25, 0.3) is 17.5 Å². The lowest BCUT2D eigenvalue weighted by atomic mass is 10.2. The van der Waals surface area contributed by atoms with E-state index in [9.17, 15) is 19.7 Å². The molecule has 2 N–H and O–H groups in total. The summed E-state index contributed by atoms with van der Waals surface area (Å²) >= 11 is 9.48. The highest BCUT2D eigenvalue weighted by Crippen LogP contribution is 2.31. The summed E-state index contributed by atoms with van der Waals surface area (Å²) in [7, 11) is 0. The number of nitrogens with zero attached hydrogens (tertiary/aromatic N) is 1. The number of hydrogen-bond acceptors (Lipinski definition) is 7. The Hall–Kier alpha value is -2.76. The van der Waals surface area contributed by atoms with Crippen LogP contribution in [-0.2, 0) is 9.59 Å². The third kappa shape index (κ3) is 5.62. The Bertz CT molecular complexity index is 1060. The molecule has 0 spiro atoms. The number of anilines is 1. The fourth-order valence-corrected chi connectivity index (χ4v) is 3.78. The molecule has 0 unspecified atom stereocenters. The van der Waals surface area contributed by atoms with Crippen LogP contribution in [0.25, 0.3) is 6.08 Å². The van der Waals surface area contributed by atoms with Crippen LogP contribution in [0.2, 0.25) is 0 Å². The van der Waals surface area contributed by atoms with Crippen molar-refractivity contribution in [3.63, 3.8) is 0 Å². The third-order valence-corrected chi connectivity index (χ3v) is 5.26. The predicted octanol–water partition coefficient (Wildman–Crippen LogP) is 3.86. The highest BCUT2D eigenvalue weighted by atomic mass is 79.9. The fourth-order valence-electron chi connectivity index (χ4n) is 2.36. The van der Waals surface area contributed by atoms with Gasteiger partial charge in [-0.15, -0.1) is 0 Å². The van der Waals surface area contributed by atoms with Crippen molar-refractivity contribution in [3.8, 4) is 5.75 Å². The largest absolute Gasteiger partial charge is 0.483 e. The molecule has 2 amide bonds. The number of ether oxygens (including phenoxy) is 1. The van der Waals surface area contributed by atoms with Gasteiger partial charge in [0.2, 0.25) is 0 Å². The number of amides is 2. The van der Waals surface area contributed by atoms with Crippen molar-refractivity contribution in [2.24, 2.45) is 0 Å². The lowest BCUT2D eigenvalue weighted by molar-refractivity contribution is -0.384. The number of hydrogen-bond donors (Lipinski definition) is 2. The molecule has 1 aliphatic heterocycles. The van der Waals surface area contributed by atoms with Gasteiger partial charge in [0.1, 0.15) is 10.1 Å². The van der Waals surface area contributed by atoms with Crippen LogP contribution >= 0.6 is 39.9 Å². The van der Waals surface area contributed by atoms with E-state index in [0.29, 0.717) is 26.2 Å². The first-order valence-electron chi connectivity index (χ1n) is 8.03. The minimum absolute atomic E-state index is 0.129. The number of carbonyl (C=O) groups excluding carboxylic acids is 2. The van der Waals surface area contributed by atoms with Crippen LogP contribution in [0.3, 0.4) is 0 Å². The van der Waals surface area contributed by atoms with Gasteiger partial charge in [0, 0.05) is 27.9 Å². The van der Waals surface area contributed by atoms with Crippen LogP contribution in [0, 0.1) is 10.1 Å². The van der Waals surface area contributed by atoms with Crippen molar-refractivity contribution >= 4 is 73.5 Å². The van der Waals surface area contributed by atoms with Crippen LogP contribution in [0.4, 0.5) is 11.4 Å². The van der Waals surface area contributed by atoms with E-state index in [4.69, 9.17) is 17.0 Å². The molecule has 2 aromatic carbocycles. The van der Waals surface area contributed by atoms with Crippen molar-refractivity contribution in [1.82, 2.24) is 5.32 Å². The van der Waals surface area contributed by atoms with Crippen molar-refractivity contribution in [1.29, 1.82) is 0 Å². The summed E-state index contributed by atoms with van der Waals surface area (Å²) in [5, 5.41) is 15.9. The van der Waals surface area contributed by atoms with E-state index < -0.39 is 10.8 Å². The number of benzene rings is 2. The quantitative estimate of drug-likeness (QED) is 0.272. The van der Waals surface area contributed by atoms with E-state index in [2.05, 4.69) is 26.6 Å². The predicted molar refractivity (Wildman–Crippen MR) is 118 cm³/mol. The van der Waals surface area contributed by atoms with Gasteiger partial charge in [-0.3, -0.25) is 19.7 Å². The molecular formula is C18H12BrN3O5S2. The van der Waals surface area contributed by atoms with Crippen LogP contribution in [0.15, 0.2) is 51.8 Å². The number of halogens is 1. The van der Waals surface area contributed by atoms with Gasteiger partial charge >= 0.3 is 0 Å². The molecule has 29 heavy (non-hydrogen) atoms. The second-order valence-electron chi connectivity index (χ2n) is 5.68. The molecule has 1 fully saturated rings. The highest BCUT2D eigenvalue weighted by Gasteiger charge is 2.22. The van der Waals surface area contributed by atoms with Gasteiger partial charge in [0.15, 0.2) is 6.61 Å². The molecule has 0 atom stereocenters. The molecule has 0 bridgehead atoms. The number of nitro benzene ring substituents is 1. The molecule has 0 saturated carbocycles. The van der Waals surface area contributed by atoms with Gasteiger partial charge in [0.05, 0.1) is 9.83 Å². The minimum Gasteiger partial charge on any atom is -0.483 e. The molecule has 2 aromatic rings. The number of thiocarbonyl (C=S) groups is 1. The summed E-state index contributed by atoms with van der Waals surface area (Å²) in [5.74, 6) is -0.392. The molecule has 1 aliphatic rings. The Morgan fingerprint density at radius 3 is 2.83 bits per heavy atom. The summed E-state index contributed by atoms with van der Waals surface area (Å²) in [5.41, 5.74) is 0.749. The number of thioether (sulfide) groups is 1. The van der Waals surface area contributed by atoms with E-state index >= 15 is 0 Å². The van der Waals surface area contributed by atoms with Crippen molar-refractivity contribution in [2.75, 3.05) is 11.9 Å². The lowest BCUT2D eigenvalue weighted by Gasteiger charge is -2.10. The maximum absolute atomic E-state index is 12.2. The number of carbonyl (C=O) groups is 2. The standard InChI is InChI=1S/C18H12BrN3O5S2/c19-11-4-5-14(10(6-11)7-15-17(24)21-18(28)29-15)27-9-16(23)20-12-2-1-3-13(8-12)22(25)26/h1-8H,9H2,(H,20,23)(H,21,24,28)/b15-7-. The topological polar surface area (TPSA) is 111 Å². The molecule has 11 heteroatoms. The van der Waals surface area contributed by atoms with Crippen LogP contribution in [0.1, 0.15) is 5.56 Å². The Labute approximate surface area is 183 Å². The molecular weight excluding hydrogens is 482 g/mol. The zero-order valence-electron chi connectivity index (χ0n) is 14.5. The first-order chi connectivity index (χ1) is 13.8. The second kappa shape index (κ2) is 9.16. The van der Waals surface area contributed by atoms with Gasteiger partial charge in [-0.25, -0.2) is 0 Å². The number of nitro groups is 1. The number of nitrogens with one attached hydrogen (secondary N) is 2. The second-order valence-corrected chi connectivity index (χ2v) is 8.31. The zero-order valence-corrected chi connectivity index (χ0v) is 17.7. The minimum atomic E-state index is -0.545. The summed E-state index contributed by atoms with van der Waals surface area (Å²) in [4.78, 5) is 34.7. The Kier molecular flexibility index (Phi) is 6.62. The average molecular weight is 494 g/mol. The maximum atomic E-state index is 12.2. The molecule has 1 saturated heterocycles. The summed E-state index contributed by atoms with van der Waals surface area (Å²) < 4.78 is 6.73. The van der Waals surface area contributed by atoms with Crippen molar-refractivity contribution < 1.29 is 19.2 Å². The molecule has 8 nitrogen and oxygen atoms in total. The van der Waals surface area contributed by atoms with E-state index in [1.54, 1.807) is 30.3 Å². The monoisotopic (exact) mass is 493 g/mol. The highest BCUT2D eigenvalue weighted by molar-refractivity contribution is 9.10. The van der Waals surface area contributed by atoms with Gasteiger partial charge < -0.3 is 15.4 Å². The van der Waals surface area contributed by atoms with Gasteiger partial charge in [-0.2, -0.15) is 0 Å². The maximum Gasteiger partial charge on any atom is 0.271 e. The Morgan fingerprint density at radius 2 is 2.14 bits per heavy atom. The third-order valence-electron chi connectivity index (χ3n) is 3.60. The molecule has 0 aliphatic carbocycles. The Balaban J connectivity index is 1.71. The molecule has 148 valence electrons. The van der Waals surface area contributed by atoms with E-state index in [1.807, 2.05) is 0 Å². The summed E-state index contributed by atoms with van der Waals surface area (Å²) in [6, 6.07) is 10.7. The van der Waals surface area contributed by atoms with Crippen molar-refractivity contribution in [2.45, 2.75) is 0 Å². The van der Waals surface area contributed by atoms with E-state index in [0.717, 1.165) is 16.2 Å². The van der Waals surface area contributed by atoms with Gasteiger partial charge in [-0.05, 0) is 30.3 Å². The van der Waals surface area contributed by atoms with Gasteiger partial charge in [-0.1, -0.05) is 46.0 Å². The first-order valence-corrected chi connectivity index (χ1v) is 10.0. The zero-order chi connectivity index (χ0) is 21.0. The fraction of sp³-hybridized carbons (Fsp3) is 0.0556. The Morgan fingerprint density at radius 1 is 1.34 bits per heavy atom.